The van der Waals surface area contributed by atoms with E-state index in [0.717, 1.165) is 31.6 Å². The van der Waals surface area contributed by atoms with E-state index in [9.17, 15) is 5.11 Å². The van der Waals surface area contributed by atoms with E-state index in [1.165, 1.54) is 6.42 Å². The van der Waals surface area contributed by atoms with E-state index < -0.39 is 5.60 Å². The average Bonchev–Trinajstić information content (AvgIpc) is 2.77. The molecule has 0 radical (unpaired) electrons. The van der Waals surface area contributed by atoms with Crippen LogP contribution in [0.1, 0.15) is 52.3 Å². The third-order valence-corrected chi connectivity index (χ3v) is 4.04. The molecule has 0 saturated heterocycles. The van der Waals surface area contributed by atoms with Crippen molar-refractivity contribution >= 4 is 0 Å². The fourth-order valence-corrected chi connectivity index (χ4v) is 2.92. The van der Waals surface area contributed by atoms with E-state index in [1.807, 2.05) is 11.6 Å². The van der Waals surface area contributed by atoms with Crippen molar-refractivity contribution in [2.24, 2.45) is 11.8 Å². The standard InChI is InChI=1S/C13H23N3O/c1-4-16-12(14-9-15-16)13(17)7-5-6-11(8-13)10(2)3/h9-11,17H,4-8H2,1-3H3. The van der Waals surface area contributed by atoms with Crippen LogP contribution >= 0.6 is 0 Å². The zero-order valence-corrected chi connectivity index (χ0v) is 11.1. The first-order chi connectivity index (χ1) is 8.07. The lowest BCUT2D eigenvalue weighted by molar-refractivity contribution is -0.0400. The predicted octanol–water partition coefficient (Wildman–Crippen LogP) is 2.33. The molecular formula is C13H23N3O. The highest BCUT2D eigenvalue weighted by molar-refractivity contribution is 5.04. The third kappa shape index (κ3) is 2.37. The summed E-state index contributed by atoms with van der Waals surface area (Å²) in [5.41, 5.74) is -0.764. The largest absolute Gasteiger partial charge is 0.382 e. The molecule has 0 amide bonds. The van der Waals surface area contributed by atoms with Crippen LogP contribution in [0.25, 0.3) is 0 Å². The van der Waals surface area contributed by atoms with Gasteiger partial charge in [-0.05, 0) is 44.4 Å². The smallest absolute Gasteiger partial charge is 0.158 e. The molecule has 17 heavy (non-hydrogen) atoms. The first kappa shape index (κ1) is 12.6. The average molecular weight is 237 g/mol. The van der Waals surface area contributed by atoms with Gasteiger partial charge in [0.15, 0.2) is 5.82 Å². The van der Waals surface area contributed by atoms with Crippen molar-refractivity contribution in [3.05, 3.63) is 12.2 Å². The van der Waals surface area contributed by atoms with E-state index >= 15 is 0 Å². The maximum Gasteiger partial charge on any atom is 0.158 e. The van der Waals surface area contributed by atoms with Crippen molar-refractivity contribution < 1.29 is 5.11 Å². The number of rotatable bonds is 3. The molecule has 2 atom stereocenters. The van der Waals surface area contributed by atoms with Gasteiger partial charge in [-0.1, -0.05) is 13.8 Å². The fourth-order valence-electron chi connectivity index (χ4n) is 2.92. The van der Waals surface area contributed by atoms with E-state index in [4.69, 9.17) is 0 Å². The number of hydrogen-bond donors (Lipinski definition) is 1. The molecule has 1 aliphatic carbocycles. The molecule has 2 rings (SSSR count). The molecule has 96 valence electrons. The summed E-state index contributed by atoms with van der Waals surface area (Å²) in [4.78, 5) is 4.28. The van der Waals surface area contributed by atoms with Gasteiger partial charge in [-0.3, -0.25) is 0 Å². The first-order valence-electron chi connectivity index (χ1n) is 6.67. The van der Waals surface area contributed by atoms with Crippen molar-refractivity contribution in [1.82, 2.24) is 14.8 Å². The van der Waals surface area contributed by atoms with Gasteiger partial charge in [-0.15, -0.1) is 0 Å². The van der Waals surface area contributed by atoms with E-state index in [1.54, 1.807) is 6.33 Å². The maximum atomic E-state index is 10.8. The fraction of sp³-hybridized carbons (Fsp3) is 0.846. The maximum absolute atomic E-state index is 10.8. The highest BCUT2D eigenvalue weighted by Crippen LogP contribution is 2.41. The highest BCUT2D eigenvalue weighted by Gasteiger charge is 2.40. The van der Waals surface area contributed by atoms with Gasteiger partial charge < -0.3 is 5.11 Å². The van der Waals surface area contributed by atoms with Gasteiger partial charge in [-0.25, -0.2) is 9.67 Å². The Morgan fingerprint density at radius 2 is 2.35 bits per heavy atom. The molecule has 1 saturated carbocycles. The molecule has 1 aromatic rings. The summed E-state index contributed by atoms with van der Waals surface area (Å²) >= 11 is 0. The van der Waals surface area contributed by atoms with Crippen LogP contribution in [0, 0.1) is 11.8 Å². The van der Waals surface area contributed by atoms with Gasteiger partial charge in [0.05, 0.1) is 0 Å². The van der Waals surface area contributed by atoms with Crippen LogP contribution in [0.5, 0.6) is 0 Å². The molecule has 0 aliphatic heterocycles. The Kier molecular flexibility index (Phi) is 3.52. The van der Waals surface area contributed by atoms with Gasteiger partial charge in [0, 0.05) is 6.54 Å². The lowest BCUT2D eigenvalue weighted by Crippen LogP contribution is -2.37. The lowest BCUT2D eigenvalue weighted by Gasteiger charge is -2.37. The molecule has 1 fully saturated rings. The summed E-state index contributed by atoms with van der Waals surface area (Å²) in [5, 5.41) is 15.0. The monoisotopic (exact) mass is 237 g/mol. The molecule has 1 aromatic heterocycles. The second-order valence-electron chi connectivity index (χ2n) is 5.53. The topological polar surface area (TPSA) is 50.9 Å². The number of hydrogen-bond acceptors (Lipinski definition) is 3. The summed E-state index contributed by atoms with van der Waals surface area (Å²) in [6.07, 6.45) is 5.49. The SMILES string of the molecule is CCn1ncnc1C1(O)CCCC(C(C)C)C1. The Labute approximate surface area is 103 Å². The van der Waals surface area contributed by atoms with Gasteiger partial charge in [0.25, 0.3) is 0 Å². The Morgan fingerprint density at radius 3 is 3.00 bits per heavy atom. The minimum absolute atomic E-state index is 0.593. The van der Waals surface area contributed by atoms with E-state index in [2.05, 4.69) is 23.9 Å². The molecule has 4 heteroatoms. The van der Waals surface area contributed by atoms with Gasteiger partial charge in [-0.2, -0.15) is 5.10 Å². The molecule has 1 N–H and O–H groups in total. The van der Waals surface area contributed by atoms with E-state index in [-0.39, 0.29) is 0 Å². The molecule has 4 nitrogen and oxygen atoms in total. The molecule has 1 heterocycles. The Hall–Kier alpha value is -0.900. The zero-order valence-electron chi connectivity index (χ0n) is 11.1. The van der Waals surface area contributed by atoms with Crippen molar-refractivity contribution in [3.63, 3.8) is 0 Å². The van der Waals surface area contributed by atoms with Crippen LogP contribution in [0.15, 0.2) is 6.33 Å². The number of nitrogens with zero attached hydrogens (tertiary/aromatic N) is 3. The summed E-state index contributed by atoms with van der Waals surface area (Å²) in [6.45, 7) is 7.27. The van der Waals surface area contributed by atoms with Crippen LogP contribution in [0.3, 0.4) is 0 Å². The summed E-state index contributed by atoms with van der Waals surface area (Å²) in [6, 6.07) is 0. The molecule has 2 unspecified atom stereocenters. The van der Waals surface area contributed by atoms with Crippen LogP contribution in [-0.4, -0.2) is 19.9 Å². The Bertz CT molecular complexity index is 374. The van der Waals surface area contributed by atoms with Crippen molar-refractivity contribution in [2.75, 3.05) is 0 Å². The zero-order chi connectivity index (χ0) is 12.5. The minimum Gasteiger partial charge on any atom is -0.382 e. The third-order valence-electron chi connectivity index (χ3n) is 4.04. The Morgan fingerprint density at radius 1 is 1.59 bits per heavy atom. The van der Waals surface area contributed by atoms with Gasteiger partial charge in [0.2, 0.25) is 0 Å². The molecule has 0 aromatic carbocycles. The normalized spacial score (nSPS) is 29.8. The molecule has 1 aliphatic rings. The quantitative estimate of drug-likeness (QED) is 0.877. The van der Waals surface area contributed by atoms with Crippen LogP contribution in [0.2, 0.25) is 0 Å². The highest BCUT2D eigenvalue weighted by atomic mass is 16.3. The summed E-state index contributed by atoms with van der Waals surface area (Å²) in [7, 11) is 0. The summed E-state index contributed by atoms with van der Waals surface area (Å²) < 4.78 is 1.82. The lowest BCUT2D eigenvalue weighted by atomic mass is 9.73. The molecule has 0 bridgehead atoms. The van der Waals surface area contributed by atoms with Crippen LogP contribution in [0.4, 0.5) is 0 Å². The van der Waals surface area contributed by atoms with Crippen molar-refractivity contribution in [2.45, 2.75) is 58.6 Å². The number of aryl methyl sites for hydroxylation is 1. The van der Waals surface area contributed by atoms with Crippen molar-refractivity contribution in [3.8, 4) is 0 Å². The second kappa shape index (κ2) is 4.77. The first-order valence-corrected chi connectivity index (χ1v) is 6.67. The number of aromatic nitrogens is 3. The minimum atomic E-state index is -0.764. The number of aliphatic hydroxyl groups is 1. The second-order valence-corrected chi connectivity index (χ2v) is 5.53. The summed E-state index contributed by atoms with van der Waals surface area (Å²) in [5.74, 6) is 1.97. The van der Waals surface area contributed by atoms with Crippen LogP contribution in [-0.2, 0) is 12.1 Å². The Balaban J connectivity index is 2.23. The van der Waals surface area contributed by atoms with Gasteiger partial charge >= 0.3 is 0 Å². The van der Waals surface area contributed by atoms with E-state index in [0.29, 0.717) is 11.8 Å². The molecular weight excluding hydrogens is 214 g/mol. The predicted molar refractivity (Wildman–Crippen MR) is 66.4 cm³/mol. The van der Waals surface area contributed by atoms with Crippen molar-refractivity contribution in [1.29, 1.82) is 0 Å². The molecule has 0 spiro atoms. The van der Waals surface area contributed by atoms with Crippen LogP contribution < -0.4 is 0 Å². The van der Waals surface area contributed by atoms with Gasteiger partial charge in [0.1, 0.15) is 11.9 Å².